The van der Waals surface area contributed by atoms with E-state index in [9.17, 15) is 0 Å². The van der Waals surface area contributed by atoms with E-state index in [1.807, 2.05) is 0 Å². The Morgan fingerprint density at radius 3 is 2.65 bits per heavy atom. The highest BCUT2D eigenvalue weighted by Gasteiger charge is 2.26. The maximum atomic E-state index is 3.50. The summed E-state index contributed by atoms with van der Waals surface area (Å²) in [7, 11) is 0. The number of rotatable bonds is 4. The number of hydrogen-bond donors (Lipinski definition) is 1. The first-order valence-electron chi connectivity index (χ1n) is 7.95. The van der Waals surface area contributed by atoms with Crippen LogP contribution in [0.3, 0.4) is 0 Å². The van der Waals surface area contributed by atoms with E-state index in [4.69, 9.17) is 0 Å². The lowest BCUT2D eigenvalue weighted by atomic mass is 9.84. The summed E-state index contributed by atoms with van der Waals surface area (Å²) in [6, 6.07) is 7.49. The van der Waals surface area contributed by atoms with Gasteiger partial charge in [-0.2, -0.15) is 0 Å². The van der Waals surface area contributed by atoms with Crippen LogP contribution < -0.4 is 10.2 Å². The van der Waals surface area contributed by atoms with Gasteiger partial charge in [0.05, 0.1) is 0 Å². The molecule has 0 bridgehead atoms. The van der Waals surface area contributed by atoms with Gasteiger partial charge in [-0.05, 0) is 48.4 Å². The van der Waals surface area contributed by atoms with Crippen molar-refractivity contribution >= 4 is 5.69 Å². The van der Waals surface area contributed by atoms with Crippen LogP contribution in [0.2, 0.25) is 0 Å². The van der Waals surface area contributed by atoms with Crippen LogP contribution in [0.1, 0.15) is 51.7 Å². The molecule has 1 fully saturated rings. The van der Waals surface area contributed by atoms with Crippen LogP contribution in [0.4, 0.5) is 5.69 Å². The molecule has 0 radical (unpaired) electrons. The Labute approximate surface area is 124 Å². The second kappa shape index (κ2) is 6.17. The van der Waals surface area contributed by atoms with E-state index in [0.717, 1.165) is 6.54 Å². The topological polar surface area (TPSA) is 15.3 Å². The standard InChI is InChI=1S/C18H30N2/c1-14(2)19-12-16-7-8-17(11-15(16)3)20-10-6-9-18(4,5)13-20/h7-8,11,14,19H,6,9-10,12-13H2,1-5H3. The smallest absolute Gasteiger partial charge is 0.0369 e. The van der Waals surface area contributed by atoms with E-state index in [0.29, 0.717) is 11.5 Å². The maximum Gasteiger partial charge on any atom is 0.0369 e. The zero-order chi connectivity index (χ0) is 14.8. The van der Waals surface area contributed by atoms with Gasteiger partial charge in [-0.15, -0.1) is 0 Å². The molecule has 0 aromatic heterocycles. The van der Waals surface area contributed by atoms with E-state index in [1.54, 1.807) is 0 Å². The molecule has 1 saturated heterocycles. The Balaban J connectivity index is 2.08. The molecule has 1 heterocycles. The van der Waals surface area contributed by atoms with Gasteiger partial charge in [-0.25, -0.2) is 0 Å². The summed E-state index contributed by atoms with van der Waals surface area (Å²) in [6.45, 7) is 14.7. The Bertz CT molecular complexity index is 449. The Morgan fingerprint density at radius 1 is 1.30 bits per heavy atom. The largest absolute Gasteiger partial charge is 0.371 e. The third-order valence-corrected chi connectivity index (χ3v) is 4.29. The van der Waals surface area contributed by atoms with Crippen molar-refractivity contribution in [2.75, 3.05) is 18.0 Å². The van der Waals surface area contributed by atoms with Crippen molar-refractivity contribution in [1.29, 1.82) is 0 Å². The first-order chi connectivity index (χ1) is 9.37. The fraction of sp³-hybridized carbons (Fsp3) is 0.667. The monoisotopic (exact) mass is 274 g/mol. The van der Waals surface area contributed by atoms with Crippen molar-refractivity contribution in [3.05, 3.63) is 29.3 Å². The van der Waals surface area contributed by atoms with E-state index < -0.39 is 0 Å². The van der Waals surface area contributed by atoms with Gasteiger partial charge in [0.25, 0.3) is 0 Å². The second-order valence-corrected chi connectivity index (χ2v) is 7.34. The highest BCUT2D eigenvalue weighted by molar-refractivity contribution is 5.51. The Morgan fingerprint density at radius 2 is 2.05 bits per heavy atom. The van der Waals surface area contributed by atoms with Crippen molar-refractivity contribution in [3.8, 4) is 0 Å². The van der Waals surface area contributed by atoms with Crippen LogP contribution in [0.25, 0.3) is 0 Å². The van der Waals surface area contributed by atoms with Crippen LogP contribution in [-0.4, -0.2) is 19.1 Å². The van der Waals surface area contributed by atoms with Crippen LogP contribution in [0, 0.1) is 12.3 Å². The molecule has 2 heteroatoms. The Kier molecular flexibility index (Phi) is 4.74. The molecule has 0 saturated carbocycles. The quantitative estimate of drug-likeness (QED) is 0.888. The minimum absolute atomic E-state index is 0.448. The maximum absolute atomic E-state index is 3.50. The summed E-state index contributed by atoms with van der Waals surface area (Å²) >= 11 is 0. The lowest BCUT2D eigenvalue weighted by molar-refractivity contribution is 0.293. The number of nitrogens with zero attached hydrogens (tertiary/aromatic N) is 1. The highest BCUT2D eigenvalue weighted by atomic mass is 15.1. The minimum atomic E-state index is 0.448. The van der Waals surface area contributed by atoms with Crippen molar-refractivity contribution in [2.45, 2.75) is 60.0 Å². The van der Waals surface area contributed by atoms with Gasteiger partial charge in [-0.3, -0.25) is 0 Å². The normalized spacial score (nSPS) is 18.6. The summed E-state index contributed by atoms with van der Waals surface area (Å²) in [5, 5.41) is 3.50. The number of nitrogens with one attached hydrogen (secondary N) is 1. The molecular weight excluding hydrogens is 244 g/mol. The number of benzene rings is 1. The first-order valence-corrected chi connectivity index (χ1v) is 7.95. The fourth-order valence-corrected chi connectivity index (χ4v) is 3.03. The molecule has 2 rings (SSSR count). The second-order valence-electron chi connectivity index (χ2n) is 7.34. The summed E-state index contributed by atoms with van der Waals surface area (Å²) < 4.78 is 0. The summed E-state index contributed by atoms with van der Waals surface area (Å²) in [4.78, 5) is 2.55. The highest BCUT2D eigenvalue weighted by Crippen LogP contribution is 2.32. The van der Waals surface area contributed by atoms with Crippen LogP contribution >= 0.6 is 0 Å². The zero-order valence-corrected chi connectivity index (χ0v) is 13.8. The third kappa shape index (κ3) is 3.99. The first kappa shape index (κ1) is 15.4. The third-order valence-electron chi connectivity index (χ3n) is 4.29. The van der Waals surface area contributed by atoms with Crippen LogP contribution in [-0.2, 0) is 6.54 Å². The van der Waals surface area contributed by atoms with E-state index in [2.05, 4.69) is 63.0 Å². The Hall–Kier alpha value is -1.02. The molecule has 0 aliphatic carbocycles. The van der Waals surface area contributed by atoms with Gasteiger partial charge in [-0.1, -0.05) is 33.8 Å². The molecule has 112 valence electrons. The van der Waals surface area contributed by atoms with Crippen LogP contribution in [0.5, 0.6) is 0 Å². The van der Waals surface area contributed by atoms with E-state index >= 15 is 0 Å². The number of piperidine rings is 1. The van der Waals surface area contributed by atoms with Gasteiger partial charge in [0, 0.05) is 31.4 Å². The predicted molar refractivity (Wildman–Crippen MR) is 88.4 cm³/mol. The molecular formula is C18H30N2. The van der Waals surface area contributed by atoms with Gasteiger partial charge in [0.2, 0.25) is 0 Å². The summed E-state index contributed by atoms with van der Waals surface area (Å²) in [5.74, 6) is 0. The zero-order valence-electron chi connectivity index (χ0n) is 13.8. The van der Waals surface area contributed by atoms with Gasteiger partial charge >= 0.3 is 0 Å². The molecule has 1 N–H and O–H groups in total. The minimum Gasteiger partial charge on any atom is -0.371 e. The molecule has 0 amide bonds. The summed E-state index contributed by atoms with van der Waals surface area (Å²) in [5.41, 5.74) is 4.66. The number of hydrogen-bond acceptors (Lipinski definition) is 2. The van der Waals surface area contributed by atoms with Crippen LogP contribution in [0.15, 0.2) is 18.2 Å². The molecule has 0 unspecified atom stereocenters. The molecule has 1 aliphatic heterocycles. The van der Waals surface area contributed by atoms with E-state index in [-0.39, 0.29) is 0 Å². The SMILES string of the molecule is Cc1cc(N2CCCC(C)(C)C2)ccc1CNC(C)C. The van der Waals surface area contributed by atoms with Crippen molar-refractivity contribution < 1.29 is 0 Å². The molecule has 1 aromatic carbocycles. The number of anilines is 1. The van der Waals surface area contributed by atoms with Crippen molar-refractivity contribution in [2.24, 2.45) is 5.41 Å². The summed E-state index contributed by atoms with van der Waals surface area (Å²) in [6.07, 6.45) is 2.65. The molecule has 20 heavy (non-hydrogen) atoms. The van der Waals surface area contributed by atoms with Crippen molar-refractivity contribution in [3.63, 3.8) is 0 Å². The number of aryl methyl sites for hydroxylation is 1. The average molecular weight is 274 g/mol. The molecule has 1 aliphatic rings. The van der Waals surface area contributed by atoms with Crippen molar-refractivity contribution in [1.82, 2.24) is 5.32 Å². The van der Waals surface area contributed by atoms with Gasteiger partial charge in [0.15, 0.2) is 0 Å². The predicted octanol–water partition coefficient (Wildman–Crippen LogP) is 4.12. The van der Waals surface area contributed by atoms with E-state index in [1.165, 1.54) is 42.7 Å². The molecule has 2 nitrogen and oxygen atoms in total. The lowest BCUT2D eigenvalue weighted by Gasteiger charge is -2.39. The molecule has 0 spiro atoms. The van der Waals surface area contributed by atoms with Gasteiger partial charge in [0.1, 0.15) is 0 Å². The fourth-order valence-electron chi connectivity index (χ4n) is 3.03. The average Bonchev–Trinajstić information content (AvgIpc) is 2.36. The molecule has 1 aromatic rings. The molecule has 0 atom stereocenters. The lowest BCUT2D eigenvalue weighted by Crippen LogP contribution is -2.40. The van der Waals surface area contributed by atoms with Gasteiger partial charge < -0.3 is 10.2 Å².